The first-order chi connectivity index (χ1) is 9.36. The standard InChI is InChI=1S/C11H13BrF3NO4S/c1-10(2,6-17)16-21(18,19)9-4-3-7(12)5-8(9)20-11(13,14)15/h3-5,16-17H,6H2,1-2H3. The van der Waals surface area contributed by atoms with Gasteiger partial charge in [-0.3, -0.25) is 0 Å². The summed E-state index contributed by atoms with van der Waals surface area (Å²) in [5.74, 6) is -0.863. The summed E-state index contributed by atoms with van der Waals surface area (Å²) < 4.78 is 67.4. The molecule has 0 radical (unpaired) electrons. The Kier molecular flexibility index (Phi) is 5.30. The molecule has 0 saturated carbocycles. The van der Waals surface area contributed by atoms with Gasteiger partial charge in [0.15, 0.2) is 5.75 Å². The number of ether oxygens (including phenoxy) is 1. The van der Waals surface area contributed by atoms with Crippen molar-refractivity contribution in [1.82, 2.24) is 4.72 Å². The molecule has 0 atom stereocenters. The third kappa shape index (κ3) is 5.46. The smallest absolute Gasteiger partial charge is 0.404 e. The van der Waals surface area contributed by atoms with Gasteiger partial charge in [0.05, 0.1) is 12.1 Å². The van der Waals surface area contributed by atoms with Gasteiger partial charge < -0.3 is 9.84 Å². The lowest BCUT2D eigenvalue weighted by molar-refractivity contribution is -0.275. The van der Waals surface area contributed by atoms with Gasteiger partial charge in [0, 0.05) is 4.47 Å². The Hall–Kier alpha value is -0.840. The molecule has 0 spiro atoms. The molecule has 0 bridgehead atoms. The van der Waals surface area contributed by atoms with Crippen LogP contribution in [0.1, 0.15) is 13.8 Å². The van der Waals surface area contributed by atoms with Crippen molar-refractivity contribution in [2.45, 2.75) is 30.6 Å². The quantitative estimate of drug-likeness (QED) is 0.807. The second-order valence-corrected chi connectivity index (χ2v) is 7.35. The number of sulfonamides is 1. The van der Waals surface area contributed by atoms with Crippen LogP contribution in [-0.2, 0) is 10.0 Å². The van der Waals surface area contributed by atoms with Gasteiger partial charge in [-0.05, 0) is 32.0 Å². The highest BCUT2D eigenvalue weighted by molar-refractivity contribution is 9.10. The van der Waals surface area contributed by atoms with E-state index in [9.17, 15) is 21.6 Å². The largest absolute Gasteiger partial charge is 0.573 e. The van der Waals surface area contributed by atoms with Crippen molar-refractivity contribution >= 4 is 26.0 Å². The summed E-state index contributed by atoms with van der Waals surface area (Å²) in [7, 11) is -4.31. The van der Waals surface area contributed by atoms with E-state index in [1.807, 2.05) is 0 Å². The summed E-state index contributed by atoms with van der Waals surface area (Å²) in [6.07, 6.45) is -5.03. The number of halogens is 4. The molecule has 0 fully saturated rings. The van der Waals surface area contributed by atoms with Crippen LogP contribution in [0.5, 0.6) is 5.75 Å². The summed E-state index contributed by atoms with van der Waals surface area (Å²) in [5, 5.41) is 9.06. The Morgan fingerprint density at radius 3 is 2.38 bits per heavy atom. The second-order valence-electron chi connectivity index (χ2n) is 4.79. The number of nitrogens with one attached hydrogen (secondary N) is 1. The van der Waals surface area contributed by atoms with E-state index < -0.39 is 39.2 Å². The molecule has 0 aliphatic rings. The second kappa shape index (κ2) is 6.11. The number of aliphatic hydroxyl groups excluding tert-OH is 1. The Balaban J connectivity index is 3.29. The van der Waals surface area contributed by atoms with Crippen molar-refractivity contribution in [2.75, 3.05) is 6.61 Å². The molecule has 1 rings (SSSR count). The molecule has 21 heavy (non-hydrogen) atoms. The minimum atomic E-state index is -5.03. The molecule has 1 aromatic carbocycles. The van der Waals surface area contributed by atoms with Crippen molar-refractivity contribution in [3.63, 3.8) is 0 Å². The lowest BCUT2D eigenvalue weighted by Gasteiger charge is -2.24. The minimum absolute atomic E-state index is 0.224. The number of benzene rings is 1. The fourth-order valence-corrected chi connectivity index (χ4v) is 3.21. The van der Waals surface area contributed by atoms with Crippen molar-refractivity contribution in [3.8, 4) is 5.75 Å². The van der Waals surface area contributed by atoms with Gasteiger partial charge in [0.1, 0.15) is 4.90 Å². The lowest BCUT2D eigenvalue weighted by atomic mass is 10.1. The van der Waals surface area contributed by atoms with Gasteiger partial charge in [0.25, 0.3) is 0 Å². The lowest BCUT2D eigenvalue weighted by Crippen LogP contribution is -2.46. The Bertz CT molecular complexity index is 616. The molecule has 120 valence electrons. The highest BCUT2D eigenvalue weighted by atomic mass is 79.9. The summed E-state index contributed by atoms with van der Waals surface area (Å²) in [6.45, 7) is 2.24. The molecule has 0 aliphatic carbocycles. The van der Waals surface area contributed by atoms with E-state index in [2.05, 4.69) is 25.4 Å². The molecule has 0 unspecified atom stereocenters. The van der Waals surface area contributed by atoms with Crippen molar-refractivity contribution in [3.05, 3.63) is 22.7 Å². The SMILES string of the molecule is CC(C)(CO)NS(=O)(=O)c1ccc(Br)cc1OC(F)(F)F. The molecule has 0 amide bonds. The van der Waals surface area contributed by atoms with Crippen molar-refractivity contribution in [2.24, 2.45) is 0 Å². The average molecular weight is 392 g/mol. The van der Waals surface area contributed by atoms with Crippen LogP contribution >= 0.6 is 15.9 Å². The van der Waals surface area contributed by atoms with E-state index in [4.69, 9.17) is 5.11 Å². The van der Waals surface area contributed by atoms with Crippen LogP contribution in [0.15, 0.2) is 27.6 Å². The molecule has 1 aromatic rings. The fourth-order valence-electron chi connectivity index (χ4n) is 1.36. The molecule has 0 aliphatic heterocycles. The molecular weight excluding hydrogens is 379 g/mol. The summed E-state index contributed by atoms with van der Waals surface area (Å²) in [6, 6.07) is 3.14. The first kappa shape index (κ1) is 18.2. The van der Waals surface area contributed by atoms with Crippen LogP contribution in [0.4, 0.5) is 13.2 Å². The van der Waals surface area contributed by atoms with Gasteiger partial charge in [-0.1, -0.05) is 15.9 Å². The third-order valence-corrected chi connectivity index (χ3v) is 4.46. The van der Waals surface area contributed by atoms with Crippen LogP contribution in [0, 0.1) is 0 Å². The first-order valence-electron chi connectivity index (χ1n) is 5.56. The zero-order chi connectivity index (χ0) is 16.5. The number of hydrogen-bond acceptors (Lipinski definition) is 4. The van der Waals surface area contributed by atoms with E-state index in [-0.39, 0.29) is 4.47 Å². The maximum atomic E-state index is 12.4. The number of rotatable bonds is 5. The highest BCUT2D eigenvalue weighted by Gasteiger charge is 2.35. The van der Waals surface area contributed by atoms with Crippen LogP contribution in [0.25, 0.3) is 0 Å². The third-order valence-electron chi connectivity index (χ3n) is 2.23. The molecule has 0 heterocycles. The summed E-state index contributed by atoms with van der Waals surface area (Å²) >= 11 is 2.94. The molecule has 10 heteroatoms. The predicted molar refractivity (Wildman–Crippen MR) is 72.3 cm³/mol. The van der Waals surface area contributed by atoms with Crippen LogP contribution in [0.2, 0.25) is 0 Å². The van der Waals surface area contributed by atoms with Gasteiger partial charge in [0.2, 0.25) is 10.0 Å². The monoisotopic (exact) mass is 391 g/mol. The number of alkyl halides is 3. The molecule has 0 saturated heterocycles. The van der Waals surface area contributed by atoms with Crippen molar-refractivity contribution < 1.29 is 31.4 Å². The summed E-state index contributed by atoms with van der Waals surface area (Å²) in [5.41, 5.74) is -1.23. The minimum Gasteiger partial charge on any atom is -0.404 e. The highest BCUT2D eigenvalue weighted by Crippen LogP contribution is 2.32. The Morgan fingerprint density at radius 1 is 1.33 bits per heavy atom. The van der Waals surface area contributed by atoms with Gasteiger partial charge >= 0.3 is 6.36 Å². The van der Waals surface area contributed by atoms with Gasteiger partial charge in [-0.25, -0.2) is 13.1 Å². The molecule has 5 nitrogen and oxygen atoms in total. The van der Waals surface area contributed by atoms with E-state index in [0.29, 0.717) is 0 Å². The topological polar surface area (TPSA) is 75.6 Å². The zero-order valence-electron chi connectivity index (χ0n) is 11.0. The maximum Gasteiger partial charge on any atom is 0.573 e. The zero-order valence-corrected chi connectivity index (χ0v) is 13.4. The van der Waals surface area contributed by atoms with Gasteiger partial charge in [-0.15, -0.1) is 13.2 Å². The Labute approximate surface area is 128 Å². The van der Waals surface area contributed by atoms with E-state index in [0.717, 1.165) is 12.1 Å². The fraction of sp³-hybridized carbons (Fsp3) is 0.455. The first-order valence-corrected chi connectivity index (χ1v) is 7.84. The van der Waals surface area contributed by atoms with E-state index in [1.165, 1.54) is 19.9 Å². The van der Waals surface area contributed by atoms with Crippen LogP contribution < -0.4 is 9.46 Å². The van der Waals surface area contributed by atoms with Crippen LogP contribution in [0.3, 0.4) is 0 Å². The molecule has 2 N–H and O–H groups in total. The summed E-state index contributed by atoms with van der Waals surface area (Å²) in [4.78, 5) is -0.676. The molecular formula is C11H13BrF3NO4S. The van der Waals surface area contributed by atoms with E-state index in [1.54, 1.807) is 0 Å². The van der Waals surface area contributed by atoms with Gasteiger partial charge in [-0.2, -0.15) is 0 Å². The molecule has 0 aromatic heterocycles. The normalized spacial score (nSPS) is 13.3. The average Bonchev–Trinajstić information content (AvgIpc) is 2.24. The van der Waals surface area contributed by atoms with E-state index >= 15 is 0 Å². The maximum absolute atomic E-state index is 12.4. The van der Waals surface area contributed by atoms with Crippen LogP contribution in [-0.4, -0.2) is 32.0 Å². The van der Waals surface area contributed by atoms with Crippen molar-refractivity contribution in [1.29, 1.82) is 0 Å². The Morgan fingerprint density at radius 2 is 1.90 bits per heavy atom. The number of aliphatic hydroxyl groups is 1. The number of hydrogen-bond donors (Lipinski definition) is 2. The predicted octanol–water partition coefficient (Wildman–Crippen LogP) is 2.40.